The molecule has 0 saturated heterocycles. The molecule has 1 unspecified atom stereocenters. The fourth-order valence-electron chi connectivity index (χ4n) is 1.19. The summed E-state index contributed by atoms with van der Waals surface area (Å²) in [5.74, 6) is -0.531. The van der Waals surface area contributed by atoms with E-state index in [1.807, 2.05) is 0 Å². The molecule has 0 saturated carbocycles. The SMILES string of the molecule is O=C(O)Cc1ccccc1OCC(O)CO. The van der Waals surface area contributed by atoms with E-state index in [1.165, 1.54) is 0 Å². The molecule has 88 valence electrons. The smallest absolute Gasteiger partial charge is 0.307 e. The van der Waals surface area contributed by atoms with Crippen molar-refractivity contribution in [3.8, 4) is 5.75 Å². The number of carboxylic acid groups (broad SMARTS) is 1. The summed E-state index contributed by atoms with van der Waals surface area (Å²) in [7, 11) is 0. The molecule has 5 nitrogen and oxygen atoms in total. The number of aliphatic hydroxyl groups is 2. The van der Waals surface area contributed by atoms with Crippen molar-refractivity contribution in [3.63, 3.8) is 0 Å². The maximum atomic E-state index is 10.6. The van der Waals surface area contributed by atoms with Gasteiger partial charge < -0.3 is 20.1 Å². The maximum Gasteiger partial charge on any atom is 0.307 e. The predicted octanol–water partition coefficient (Wildman–Crippen LogP) is 0.0457. The third-order valence-electron chi connectivity index (χ3n) is 1.96. The molecule has 0 aliphatic heterocycles. The maximum absolute atomic E-state index is 10.6. The van der Waals surface area contributed by atoms with Crippen LogP contribution in [0.2, 0.25) is 0 Å². The lowest BCUT2D eigenvalue weighted by atomic mass is 10.1. The van der Waals surface area contributed by atoms with Crippen molar-refractivity contribution in [2.24, 2.45) is 0 Å². The van der Waals surface area contributed by atoms with E-state index in [9.17, 15) is 4.79 Å². The van der Waals surface area contributed by atoms with Gasteiger partial charge in [-0.05, 0) is 6.07 Å². The minimum absolute atomic E-state index is 0.0624. The summed E-state index contributed by atoms with van der Waals surface area (Å²) >= 11 is 0. The number of carboxylic acids is 1. The number of ether oxygens (including phenoxy) is 1. The van der Waals surface area contributed by atoms with Crippen LogP contribution in [0.3, 0.4) is 0 Å². The van der Waals surface area contributed by atoms with Crippen LogP contribution in [0, 0.1) is 0 Å². The van der Waals surface area contributed by atoms with Gasteiger partial charge >= 0.3 is 5.97 Å². The Labute approximate surface area is 92.9 Å². The van der Waals surface area contributed by atoms with Gasteiger partial charge in [-0.15, -0.1) is 0 Å². The Balaban J connectivity index is 2.67. The van der Waals surface area contributed by atoms with Crippen molar-refractivity contribution in [3.05, 3.63) is 29.8 Å². The summed E-state index contributed by atoms with van der Waals surface area (Å²) in [6.45, 7) is -0.450. The highest BCUT2D eigenvalue weighted by Gasteiger charge is 2.09. The molecule has 1 aromatic carbocycles. The van der Waals surface area contributed by atoms with Gasteiger partial charge in [0.2, 0.25) is 0 Å². The Morgan fingerprint density at radius 1 is 1.38 bits per heavy atom. The molecule has 0 aromatic heterocycles. The molecule has 0 radical (unpaired) electrons. The lowest BCUT2D eigenvalue weighted by Gasteiger charge is -2.12. The Morgan fingerprint density at radius 3 is 2.69 bits per heavy atom. The molecule has 1 aromatic rings. The van der Waals surface area contributed by atoms with Crippen LogP contribution in [0.15, 0.2) is 24.3 Å². The lowest BCUT2D eigenvalue weighted by molar-refractivity contribution is -0.136. The fourth-order valence-corrected chi connectivity index (χ4v) is 1.19. The first-order valence-electron chi connectivity index (χ1n) is 4.85. The molecule has 0 aliphatic carbocycles. The average Bonchev–Trinajstić information content (AvgIpc) is 2.26. The van der Waals surface area contributed by atoms with E-state index in [2.05, 4.69) is 0 Å². The highest BCUT2D eigenvalue weighted by Crippen LogP contribution is 2.18. The first-order valence-corrected chi connectivity index (χ1v) is 4.85. The van der Waals surface area contributed by atoms with Crippen molar-refractivity contribution >= 4 is 5.97 Å². The summed E-state index contributed by atoms with van der Waals surface area (Å²) in [5.41, 5.74) is 0.542. The molecule has 16 heavy (non-hydrogen) atoms. The van der Waals surface area contributed by atoms with E-state index in [0.717, 1.165) is 0 Å². The molecule has 1 atom stereocenters. The molecule has 0 aliphatic rings. The van der Waals surface area contributed by atoms with E-state index < -0.39 is 12.1 Å². The standard InChI is InChI=1S/C11H14O5/c12-6-9(13)7-16-10-4-2-1-3-8(10)5-11(14)15/h1-4,9,12-13H,5-7H2,(H,14,15). The zero-order valence-corrected chi connectivity index (χ0v) is 8.67. The third kappa shape index (κ3) is 3.88. The highest BCUT2D eigenvalue weighted by atomic mass is 16.5. The Bertz CT molecular complexity index is 350. The van der Waals surface area contributed by atoms with Gasteiger partial charge in [-0.2, -0.15) is 0 Å². The largest absolute Gasteiger partial charge is 0.490 e. The summed E-state index contributed by atoms with van der Waals surface area (Å²) in [4.78, 5) is 10.6. The number of hydrogen-bond donors (Lipinski definition) is 3. The molecule has 1 rings (SSSR count). The van der Waals surface area contributed by atoms with Crippen molar-refractivity contribution in [1.82, 2.24) is 0 Å². The quantitative estimate of drug-likeness (QED) is 0.637. The Morgan fingerprint density at radius 2 is 2.06 bits per heavy atom. The van der Waals surface area contributed by atoms with Crippen LogP contribution in [0.4, 0.5) is 0 Å². The van der Waals surface area contributed by atoms with Crippen LogP contribution in [-0.4, -0.2) is 40.6 Å². The first-order chi connectivity index (χ1) is 7.63. The zero-order chi connectivity index (χ0) is 12.0. The van der Waals surface area contributed by atoms with Gasteiger partial charge in [0.05, 0.1) is 13.0 Å². The number of carbonyl (C=O) groups is 1. The number of aliphatic hydroxyl groups excluding tert-OH is 2. The topological polar surface area (TPSA) is 87.0 Å². The minimum atomic E-state index is -0.960. The van der Waals surface area contributed by atoms with Gasteiger partial charge in [-0.25, -0.2) is 0 Å². The molecule has 5 heteroatoms. The minimum Gasteiger partial charge on any atom is -0.490 e. The Hall–Kier alpha value is -1.59. The number of para-hydroxylation sites is 1. The molecular formula is C11H14O5. The summed E-state index contributed by atoms with van der Waals surface area (Å²) in [6.07, 6.45) is -1.09. The van der Waals surface area contributed by atoms with E-state index in [0.29, 0.717) is 11.3 Å². The van der Waals surface area contributed by atoms with Crippen LogP contribution < -0.4 is 4.74 Å². The van der Waals surface area contributed by atoms with E-state index in [-0.39, 0.29) is 19.6 Å². The average molecular weight is 226 g/mol. The summed E-state index contributed by atoms with van der Waals surface area (Å²) < 4.78 is 5.22. The summed E-state index contributed by atoms with van der Waals surface area (Å²) in [5, 5.41) is 26.4. The highest BCUT2D eigenvalue weighted by molar-refractivity contribution is 5.71. The van der Waals surface area contributed by atoms with Gasteiger partial charge in [0, 0.05) is 5.56 Å². The normalized spacial score (nSPS) is 12.1. The van der Waals surface area contributed by atoms with Crippen LogP contribution in [0.1, 0.15) is 5.56 Å². The van der Waals surface area contributed by atoms with Crippen molar-refractivity contribution in [2.45, 2.75) is 12.5 Å². The van der Waals surface area contributed by atoms with Gasteiger partial charge in [0.1, 0.15) is 18.5 Å². The van der Waals surface area contributed by atoms with Crippen LogP contribution >= 0.6 is 0 Å². The van der Waals surface area contributed by atoms with Crippen LogP contribution in [0.25, 0.3) is 0 Å². The molecule has 3 N–H and O–H groups in total. The molecule has 0 fully saturated rings. The second-order valence-corrected chi connectivity index (χ2v) is 3.33. The van der Waals surface area contributed by atoms with Crippen LogP contribution in [0.5, 0.6) is 5.75 Å². The van der Waals surface area contributed by atoms with Crippen molar-refractivity contribution in [1.29, 1.82) is 0 Å². The van der Waals surface area contributed by atoms with Gasteiger partial charge in [0.25, 0.3) is 0 Å². The lowest BCUT2D eigenvalue weighted by Crippen LogP contribution is -2.21. The monoisotopic (exact) mass is 226 g/mol. The van der Waals surface area contributed by atoms with Gasteiger partial charge in [-0.3, -0.25) is 4.79 Å². The molecule has 0 heterocycles. The predicted molar refractivity (Wildman–Crippen MR) is 56.4 cm³/mol. The second kappa shape index (κ2) is 6.09. The third-order valence-corrected chi connectivity index (χ3v) is 1.96. The van der Waals surface area contributed by atoms with Crippen molar-refractivity contribution < 1.29 is 24.9 Å². The fraction of sp³-hybridized carbons (Fsp3) is 0.364. The van der Waals surface area contributed by atoms with Gasteiger partial charge in [-0.1, -0.05) is 18.2 Å². The molecule has 0 bridgehead atoms. The van der Waals surface area contributed by atoms with E-state index in [4.69, 9.17) is 20.1 Å². The Kier molecular flexibility index (Phi) is 4.75. The first kappa shape index (κ1) is 12.5. The number of hydrogen-bond acceptors (Lipinski definition) is 4. The van der Waals surface area contributed by atoms with Crippen molar-refractivity contribution in [2.75, 3.05) is 13.2 Å². The van der Waals surface area contributed by atoms with E-state index in [1.54, 1.807) is 24.3 Å². The second-order valence-electron chi connectivity index (χ2n) is 3.33. The van der Waals surface area contributed by atoms with Gasteiger partial charge in [0.15, 0.2) is 0 Å². The molecule has 0 amide bonds. The molecular weight excluding hydrogens is 212 g/mol. The molecule has 0 spiro atoms. The number of benzene rings is 1. The summed E-state index contributed by atoms with van der Waals surface area (Å²) in [6, 6.07) is 6.71. The van der Waals surface area contributed by atoms with Crippen LogP contribution in [-0.2, 0) is 11.2 Å². The number of rotatable bonds is 6. The number of aliphatic carboxylic acids is 1. The zero-order valence-electron chi connectivity index (χ0n) is 8.67. The van der Waals surface area contributed by atoms with E-state index >= 15 is 0 Å².